The molecule has 4 N–H and O–H groups in total. The first-order valence-corrected chi connectivity index (χ1v) is 8.54. The lowest BCUT2D eigenvalue weighted by Crippen LogP contribution is -2.36. The van der Waals surface area contributed by atoms with Gasteiger partial charge in [0, 0.05) is 28.2 Å². The van der Waals surface area contributed by atoms with Crippen molar-refractivity contribution >= 4 is 45.6 Å². The minimum Gasteiger partial charge on any atom is -0.376 e. The fraction of sp³-hybridized carbons (Fsp3) is 0.429. The third kappa shape index (κ3) is 6.16. The number of carbonyl (C=O) groups excluding carboxylic acids is 2. The first-order valence-electron chi connectivity index (χ1n) is 7.10. The Morgan fingerprint density at radius 3 is 2.20 bits per heavy atom. The molecule has 1 aromatic rings. The van der Waals surface area contributed by atoms with Gasteiger partial charge in [-0.3, -0.25) is 9.59 Å². The number of nitrogens with one attached hydrogen (secondary N) is 2. The third-order valence-corrected chi connectivity index (χ3v) is 4.95. The van der Waals surface area contributed by atoms with Gasteiger partial charge in [-0.15, -0.1) is 12.4 Å². The van der Waals surface area contributed by atoms with Gasteiger partial charge in [0.05, 0.1) is 29.4 Å². The van der Waals surface area contributed by atoms with Crippen LogP contribution in [0.25, 0.3) is 0 Å². The van der Waals surface area contributed by atoms with E-state index in [0.717, 1.165) is 4.31 Å². The van der Waals surface area contributed by atoms with Crippen molar-refractivity contribution in [2.24, 2.45) is 5.73 Å². The molecule has 0 fully saturated rings. The van der Waals surface area contributed by atoms with E-state index in [-0.39, 0.29) is 30.4 Å². The number of nitrogens with two attached hydrogens (primary N) is 1. The number of sulfonamides is 1. The van der Waals surface area contributed by atoms with Crippen LogP contribution in [0.15, 0.2) is 23.1 Å². The second-order valence-electron chi connectivity index (χ2n) is 5.39. The molecule has 0 radical (unpaired) electrons. The number of rotatable bonds is 7. The lowest BCUT2D eigenvalue weighted by Gasteiger charge is -2.20. The van der Waals surface area contributed by atoms with E-state index in [4.69, 9.17) is 5.73 Å². The van der Waals surface area contributed by atoms with Gasteiger partial charge in [-0.1, -0.05) is 0 Å². The van der Waals surface area contributed by atoms with Crippen molar-refractivity contribution < 1.29 is 18.0 Å². The van der Waals surface area contributed by atoms with E-state index >= 15 is 0 Å². The Morgan fingerprint density at radius 1 is 1.12 bits per heavy atom. The molecule has 0 bridgehead atoms. The third-order valence-electron chi connectivity index (χ3n) is 3.13. The van der Waals surface area contributed by atoms with Gasteiger partial charge in [-0.05, 0) is 18.2 Å². The van der Waals surface area contributed by atoms with Crippen LogP contribution in [0.2, 0.25) is 0 Å². The van der Waals surface area contributed by atoms with E-state index < -0.39 is 21.8 Å². The largest absolute Gasteiger partial charge is 0.376 e. The van der Waals surface area contributed by atoms with Gasteiger partial charge in [0.15, 0.2) is 0 Å². The normalized spacial score (nSPS) is 10.8. The summed E-state index contributed by atoms with van der Waals surface area (Å²) in [6, 6.07) is 4.45. The highest BCUT2D eigenvalue weighted by molar-refractivity contribution is 7.89. The maximum atomic E-state index is 12.2. The number of hydrogen-bond acceptors (Lipinski definition) is 6. The van der Waals surface area contributed by atoms with Crippen LogP contribution in [0.5, 0.6) is 0 Å². The maximum absolute atomic E-state index is 12.2. The van der Waals surface area contributed by atoms with E-state index in [0.29, 0.717) is 11.4 Å². The monoisotopic (exact) mass is 393 g/mol. The topological polar surface area (TPSA) is 125 Å². The lowest BCUT2D eigenvalue weighted by molar-refractivity contribution is -0.123. The number of halogens is 1. The predicted molar refractivity (Wildman–Crippen MR) is 99.6 cm³/mol. The van der Waals surface area contributed by atoms with Crippen molar-refractivity contribution in [3.05, 3.63) is 18.2 Å². The Kier molecular flexibility index (Phi) is 8.84. The Labute approximate surface area is 154 Å². The summed E-state index contributed by atoms with van der Waals surface area (Å²) in [6.45, 7) is -0.472. The molecule has 0 atom stereocenters. The number of hydrogen-bond donors (Lipinski definition) is 3. The van der Waals surface area contributed by atoms with Crippen LogP contribution in [-0.4, -0.2) is 65.8 Å². The maximum Gasteiger partial charge on any atom is 0.243 e. The molecule has 0 aromatic heterocycles. The molecular weight excluding hydrogens is 370 g/mol. The first-order chi connectivity index (χ1) is 11.1. The summed E-state index contributed by atoms with van der Waals surface area (Å²) in [4.78, 5) is 24.8. The summed E-state index contributed by atoms with van der Waals surface area (Å²) in [7, 11) is 2.75. The van der Waals surface area contributed by atoms with Crippen LogP contribution in [0.1, 0.15) is 0 Å². The van der Waals surface area contributed by atoms with E-state index in [2.05, 4.69) is 10.6 Å². The zero-order valence-electron chi connectivity index (χ0n) is 14.6. The second kappa shape index (κ2) is 9.56. The van der Waals surface area contributed by atoms with Crippen LogP contribution < -0.4 is 21.3 Å². The summed E-state index contributed by atoms with van der Waals surface area (Å²) in [5.41, 5.74) is 6.11. The quantitative estimate of drug-likeness (QED) is 0.570. The standard InChI is InChI=1S/C14H23N5O4S.ClH/c1-18(2)12-6-5-10(24(22,23)19(3)4)7-11(12)17-14(21)9-16-13(20)8-15;/h5-7H,8-9,15H2,1-4H3,(H,16,20)(H,17,21);1H. The SMILES string of the molecule is CN(C)c1ccc(S(=O)(=O)N(C)C)cc1NC(=O)CNC(=O)CN.Cl. The Morgan fingerprint density at radius 2 is 1.72 bits per heavy atom. The van der Waals surface area contributed by atoms with Crippen molar-refractivity contribution in [1.29, 1.82) is 0 Å². The summed E-state index contributed by atoms with van der Waals surface area (Å²) >= 11 is 0. The molecular formula is C14H24ClN5O4S. The van der Waals surface area contributed by atoms with Gasteiger partial charge in [0.1, 0.15) is 0 Å². The van der Waals surface area contributed by atoms with E-state index in [1.54, 1.807) is 25.1 Å². The zero-order valence-corrected chi connectivity index (χ0v) is 16.2. The van der Waals surface area contributed by atoms with Gasteiger partial charge < -0.3 is 21.3 Å². The van der Waals surface area contributed by atoms with Gasteiger partial charge in [0.25, 0.3) is 0 Å². The van der Waals surface area contributed by atoms with Gasteiger partial charge in [-0.2, -0.15) is 0 Å². The van der Waals surface area contributed by atoms with Crippen molar-refractivity contribution in [2.75, 3.05) is 51.5 Å². The summed E-state index contributed by atoms with van der Waals surface area (Å²) in [5, 5.41) is 4.95. The number of amides is 2. The molecule has 1 aromatic carbocycles. The second-order valence-corrected chi connectivity index (χ2v) is 7.54. The molecule has 0 aliphatic carbocycles. The van der Waals surface area contributed by atoms with Crippen LogP contribution >= 0.6 is 12.4 Å². The van der Waals surface area contributed by atoms with E-state index in [9.17, 15) is 18.0 Å². The van der Waals surface area contributed by atoms with Crippen LogP contribution in [0, 0.1) is 0 Å². The molecule has 0 spiro atoms. The molecule has 1 rings (SSSR count). The molecule has 0 unspecified atom stereocenters. The summed E-state index contributed by atoms with van der Waals surface area (Å²) < 4.78 is 25.6. The molecule has 0 aliphatic rings. The minimum atomic E-state index is -3.63. The molecule has 25 heavy (non-hydrogen) atoms. The molecule has 2 amide bonds. The number of benzene rings is 1. The molecule has 11 heteroatoms. The van der Waals surface area contributed by atoms with E-state index in [1.807, 2.05) is 0 Å². The van der Waals surface area contributed by atoms with Crippen molar-refractivity contribution in [2.45, 2.75) is 4.90 Å². The molecule has 0 saturated heterocycles. The Balaban J connectivity index is 0.00000576. The molecule has 9 nitrogen and oxygen atoms in total. The zero-order chi connectivity index (χ0) is 18.5. The summed E-state index contributed by atoms with van der Waals surface area (Å²) in [5.74, 6) is -0.943. The van der Waals surface area contributed by atoms with Crippen LogP contribution in [0.4, 0.5) is 11.4 Å². The molecule has 142 valence electrons. The Hall–Kier alpha value is -1.88. The summed E-state index contributed by atoms with van der Waals surface area (Å²) in [6.07, 6.45) is 0. The van der Waals surface area contributed by atoms with Crippen molar-refractivity contribution in [1.82, 2.24) is 9.62 Å². The highest BCUT2D eigenvalue weighted by Gasteiger charge is 2.20. The molecule has 0 heterocycles. The highest BCUT2D eigenvalue weighted by Crippen LogP contribution is 2.28. The first kappa shape index (κ1) is 23.1. The average molecular weight is 394 g/mol. The minimum absolute atomic E-state index is 0. The molecule has 0 saturated carbocycles. The number of nitrogens with zero attached hydrogens (tertiary/aromatic N) is 2. The number of anilines is 2. The fourth-order valence-corrected chi connectivity index (χ4v) is 2.75. The van der Waals surface area contributed by atoms with Crippen molar-refractivity contribution in [3.63, 3.8) is 0 Å². The number of carbonyl (C=O) groups is 2. The highest BCUT2D eigenvalue weighted by atomic mass is 35.5. The van der Waals surface area contributed by atoms with Crippen LogP contribution in [-0.2, 0) is 19.6 Å². The van der Waals surface area contributed by atoms with E-state index in [1.165, 1.54) is 26.2 Å². The van der Waals surface area contributed by atoms with Gasteiger partial charge in [0.2, 0.25) is 21.8 Å². The smallest absolute Gasteiger partial charge is 0.243 e. The Bertz CT molecular complexity index is 722. The van der Waals surface area contributed by atoms with Crippen LogP contribution in [0.3, 0.4) is 0 Å². The van der Waals surface area contributed by atoms with Gasteiger partial charge >= 0.3 is 0 Å². The molecule has 0 aliphatic heterocycles. The predicted octanol–water partition coefficient (Wildman–Crippen LogP) is -0.562. The average Bonchev–Trinajstić information content (AvgIpc) is 2.51. The van der Waals surface area contributed by atoms with Gasteiger partial charge in [-0.25, -0.2) is 12.7 Å². The van der Waals surface area contributed by atoms with Crippen molar-refractivity contribution in [3.8, 4) is 0 Å². The fourth-order valence-electron chi connectivity index (χ4n) is 1.82. The lowest BCUT2D eigenvalue weighted by atomic mass is 10.2.